The monoisotopic (exact) mass is 241 g/mol. The Morgan fingerprint density at radius 1 is 1.56 bits per heavy atom. The van der Waals surface area contributed by atoms with Crippen LogP contribution in [0.15, 0.2) is 11.4 Å². The van der Waals surface area contributed by atoms with E-state index in [9.17, 15) is 4.79 Å². The van der Waals surface area contributed by atoms with Gasteiger partial charge in [-0.25, -0.2) is 0 Å². The molecule has 0 bridgehead atoms. The standard InChI is InChI=1S/C12H19NO2S/c1-9-5-6-16-11(9)12(2,3)8-13-7-10(14)15-4/h5-6,13H,7-8H2,1-4H3. The molecule has 0 aliphatic rings. The number of carbonyl (C=O) groups excluding carboxylic acids is 1. The van der Waals surface area contributed by atoms with E-state index in [1.807, 2.05) is 0 Å². The predicted molar refractivity (Wildman–Crippen MR) is 67.0 cm³/mol. The smallest absolute Gasteiger partial charge is 0.319 e. The van der Waals surface area contributed by atoms with E-state index in [0.29, 0.717) is 0 Å². The van der Waals surface area contributed by atoms with Gasteiger partial charge in [0.2, 0.25) is 0 Å². The molecule has 0 aliphatic carbocycles. The van der Waals surface area contributed by atoms with Crippen LogP contribution in [0.5, 0.6) is 0 Å². The van der Waals surface area contributed by atoms with Crippen LogP contribution in [0.3, 0.4) is 0 Å². The van der Waals surface area contributed by atoms with E-state index in [1.165, 1.54) is 17.6 Å². The van der Waals surface area contributed by atoms with Crippen LogP contribution in [0.25, 0.3) is 0 Å². The van der Waals surface area contributed by atoms with Gasteiger partial charge in [-0.15, -0.1) is 11.3 Å². The van der Waals surface area contributed by atoms with Crippen LogP contribution in [0, 0.1) is 6.92 Å². The average molecular weight is 241 g/mol. The molecule has 0 radical (unpaired) electrons. The highest BCUT2D eigenvalue weighted by Crippen LogP contribution is 2.30. The fourth-order valence-corrected chi connectivity index (χ4v) is 2.75. The van der Waals surface area contributed by atoms with Crippen molar-refractivity contribution in [2.75, 3.05) is 20.2 Å². The molecule has 1 rings (SSSR count). The van der Waals surface area contributed by atoms with Crippen LogP contribution in [0.2, 0.25) is 0 Å². The van der Waals surface area contributed by atoms with Crippen LogP contribution >= 0.6 is 11.3 Å². The van der Waals surface area contributed by atoms with Crippen molar-refractivity contribution in [3.63, 3.8) is 0 Å². The minimum Gasteiger partial charge on any atom is -0.468 e. The Balaban J connectivity index is 2.53. The number of esters is 1. The van der Waals surface area contributed by atoms with Crippen molar-refractivity contribution in [2.24, 2.45) is 0 Å². The highest BCUT2D eigenvalue weighted by Gasteiger charge is 2.23. The molecule has 1 heterocycles. The Morgan fingerprint density at radius 2 is 2.25 bits per heavy atom. The van der Waals surface area contributed by atoms with Crippen molar-refractivity contribution >= 4 is 17.3 Å². The molecule has 0 aliphatic heterocycles. The van der Waals surface area contributed by atoms with Gasteiger partial charge in [-0.1, -0.05) is 13.8 Å². The van der Waals surface area contributed by atoms with Gasteiger partial charge in [-0.3, -0.25) is 4.79 Å². The van der Waals surface area contributed by atoms with Crippen LogP contribution in [0.1, 0.15) is 24.3 Å². The highest BCUT2D eigenvalue weighted by atomic mass is 32.1. The summed E-state index contributed by atoms with van der Waals surface area (Å²) in [5.41, 5.74) is 1.36. The summed E-state index contributed by atoms with van der Waals surface area (Å²) in [5.74, 6) is -0.223. The summed E-state index contributed by atoms with van der Waals surface area (Å²) in [6.07, 6.45) is 0. The van der Waals surface area contributed by atoms with Crippen molar-refractivity contribution in [2.45, 2.75) is 26.2 Å². The fraction of sp³-hybridized carbons (Fsp3) is 0.583. The van der Waals surface area contributed by atoms with Crippen molar-refractivity contribution in [1.82, 2.24) is 5.32 Å². The number of hydrogen-bond donors (Lipinski definition) is 1. The van der Waals surface area contributed by atoms with Crippen molar-refractivity contribution < 1.29 is 9.53 Å². The van der Waals surface area contributed by atoms with Crippen LogP contribution < -0.4 is 5.32 Å². The van der Waals surface area contributed by atoms with Crippen LogP contribution in [-0.4, -0.2) is 26.2 Å². The summed E-state index contributed by atoms with van der Waals surface area (Å²) >= 11 is 1.76. The predicted octanol–water partition coefficient (Wildman–Crippen LogP) is 2.10. The third-order valence-electron chi connectivity index (χ3n) is 2.54. The van der Waals surface area contributed by atoms with Gasteiger partial charge >= 0.3 is 5.97 Å². The van der Waals surface area contributed by atoms with E-state index >= 15 is 0 Å². The molecule has 0 atom stereocenters. The minimum absolute atomic E-state index is 0.0479. The lowest BCUT2D eigenvalue weighted by Gasteiger charge is -2.24. The van der Waals surface area contributed by atoms with Gasteiger partial charge in [0.25, 0.3) is 0 Å². The second-order valence-electron chi connectivity index (χ2n) is 4.50. The largest absolute Gasteiger partial charge is 0.468 e. The molecule has 0 amide bonds. The molecule has 1 aromatic rings. The summed E-state index contributed by atoms with van der Waals surface area (Å²) < 4.78 is 4.58. The third-order valence-corrected chi connectivity index (χ3v) is 3.92. The number of carbonyl (C=O) groups is 1. The summed E-state index contributed by atoms with van der Waals surface area (Å²) in [7, 11) is 1.40. The zero-order chi connectivity index (χ0) is 12.2. The molecule has 0 saturated heterocycles. The van der Waals surface area contributed by atoms with Gasteiger partial charge in [-0.05, 0) is 23.9 Å². The molecule has 3 nitrogen and oxygen atoms in total. The summed E-state index contributed by atoms with van der Waals surface area (Å²) in [5, 5.41) is 5.23. The van der Waals surface area contributed by atoms with Crippen molar-refractivity contribution in [1.29, 1.82) is 0 Å². The molecular formula is C12H19NO2S. The van der Waals surface area contributed by atoms with E-state index in [1.54, 1.807) is 11.3 Å². The summed E-state index contributed by atoms with van der Waals surface area (Å²) in [6.45, 7) is 7.51. The van der Waals surface area contributed by atoms with Gasteiger partial charge in [-0.2, -0.15) is 0 Å². The third kappa shape index (κ3) is 3.32. The van der Waals surface area contributed by atoms with E-state index in [4.69, 9.17) is 0 Å². The lowest BCUT2D eigenvalue weighted by atomic mass is 9.89. The molecule has 0 fully saturated rings. The SMILES string of the molecule is COC(=O)CNCC(C)(C)c1sccc1C. The Hall–Kier alpha value is -0.870. The Labute approximate surface area is 101 Å². The normalized spacial score (nSPS) is 11.5. The van der Waals surface area contributed by atoms with Crippen LogP contribution in [0.4, 0.5) is 0 Å². The number of ether oxygens (including phenoxy) is 1. The molecule has 0 spiro atoms. The maximum atomic E-state index is 11.0. The van der Waals surface area contributed by atoms with Crippen LogP contribution in [-0.2, 0) is 14.9 Å². The number of aryl methyl sites for hydroxylation is 1. The molecule has 0 unspecified atom stereocenters. The lowest BCUT2D eigenvalue weighted by molar-refractivity contribution is -0.139. The number of rotatable bonds is 5. The first kappa shape index (κ1) is 13.2. The first-order valence-electron chi connectivity index (χ1n) is 5.29. The summed E-state index contributed by atoms with van der Waals surface area (Å²) in [4.78, 5) is 12.3. The lowest BCUT2D eigenvalue weighted by Crippen LogP contribution is -2.36. The van der Waals surface area contributed by atoms with E-state index in [2.05, 4.69) is 42.3 Å². The first-order chi connectivity index (χ1) is 7.47. The first-order valence-corrected chi connectivity index (χ1v) is 6.17. The van der Waals surface area contributed by atoms with Gasteiger partial charge in [0.05, 0.1) is 13.7 Å². The topological polar surface area (TPSA) is 38.3 Å². The van der Waals surface area contributed by atoms with Gasteiger partial charge in [0.15, 0.2) is 0 Å². The highest BCUT2D eigenvalue weighted by molar-refractivity contribution is 7.10. The van der Waals surface area contributed by atoms with Crippen molar-refractivity contribution in [3.05, 3.63) is 21.9 Å². The number of hydrogen-bond acceptors (Lipinski definition) is 4. The zero-order valence-corrected chi connectivity index (χ0v) is 11.1. The molecule has 4 heteroatoms. The second-order valence-corrected chi connectivity index (χ2v) is 5.41. The molecular weight excluding hydrogens is 222 g/mol. The Kier molecular flexibility index (Phi) is 4.50. The quantitative estimate of drug-likeness (QED) is 0.802. The number of methoxy groups -OCH3 is 1. The van der Waals surface area contributed by atoms with Gasteiger partial charge < -0.3 is 10.1 Å². The molecule has 0 aromatic carbocycles. The molecule has 16 heavy (non-hydrogen) atoms. The van der Waals surface area contributed by atoms with E-state index in [0.717, 1.165) is 6.54 Å². The van der Waals surface area contributed by atoms with Gasteiger partial charge in [0.1, 0.15) is 0 Å². The average Bonchev–Trinajstić information content (AvgIpc) is 2.64. The van der Waals surface area contributed by atoms with E-state index in [-0.39, 0.29) is 17.9 Å². The van der Waals surface area contributed by atoms with Crippen molar-refractivity contribution in [3.8, 4) is 0 Å². The summed E-state index contributed by atoms with van der Waals surface area (Å²) in [6, 6.07) is 2.13. The molecule has 0 saturated carbocycles. The molecule has 1 N–H and O–H groups in total. The zero-order valence-electron chi connectivity index (χ0n) is 10.3. The minimum atomic E-state index is -0.223. The maximum Gasteiger partial charge on any atom is 0.319 e. The Bertz CT molecular complexity index is 358. The fourth-order valence-electron chi connectivity index (χ4n) is 1.70. The number of nitrogens with one attached hydrogen (secondary N) is 1. The number of thiophene rings is 1. The van der Waals surface area contributed by atoms with Gasteiger partial charge in [0, 0.05) is 16.8 Å². The second kappa shape index (κ2) is 5.46. The van der Waals surface area contributed by atoms with E-state index < -0.39 is 0 Å². The molecule has 1 aromatic heterocycles. The Morgan fingerprint density at radius 3 is 2.75 bits per heavy atom. The molecule has 90 valence electrons. The maximum absolute atomic E-state index is 11.0.